The lowest BCUT2D eigenvalue weighted by molar-refractivity contribution is 0.0981. The van der Waals surface area contributed by atoms with Crippen LogP contribution in [0, 0.1) is 13.8 Å². The molecule has 0 amide bonds. The van der Waals surface area contributed by atoms with E-state index in [1.54, 1.807) is 0 Å². The summed E-state index contributed by atoms with van der Waals surface area (Å²) in [5.41, 5.74) is 13.1. The molecule has 1 aliphatic rings. The Kier molecular flexibility index (Phi) is 7.89. The highest BCUT2D eigenvalue weighted by atomic mass is 79.9. The number of nitrogens with two attached hydrogens (primary N) is 2. The van der Waals surface area contributed by atoms with Gasteiger partial charge in [0.1, 0.15) is 0 Å². The molecule has 5 rings (SSSR count). The van der Waals surface area contributed by atoms with Gasteiger partial charge in [-0.2, -0.15) is 16.8 Å². The molecule has 0 radical (unpaired) electrons. The number of carbonyl (C=O) groups is 2. The lowest BCUT2D eigenvalue weighted by Crippen LogP contribution is -2.26. The Morgan fingerprint density at radius 1 is 0.614 bits per heavy atom. The summed E-state index contributed by atoms with van der Waals surface area (Å²) in [4.78, 5) is 27.7. The van der Waals surface area contributed by atoms with Gasteiger partial charge in [-0.05, 0) is 93.2 Å². The van der Waals surface area contributed by atoms with Crippen molar-refractivity contribution in [3.8, 4) is 0 Å². The summed E-state index contributed by atoms with van der Waals surface area (Å²) in [6, 6.07) is 11.2. The average Bonchev–Trinajstić information content (AvgIpc) is 2.92. The minimum absolute atomic E-state index is 0.0477. The van der Waals surface area contributed by atoms with Gasteiger partial charge in [-0.15, -0.1) is 0 Å². The zero-order valence-electron chi connectivity index (χ0n) is 22.7. The van der Waals surface area contributed by atoms with Gasteiger partial charge in [0.15, 0.2) is 11.6 Å². The summed E-state index contributed by atoms with van der Waals surface area (Å²) in [5, 5.41) is 5.91. The summed E-state index contributed by atoms with van der Waals surface area (Å²) in [7, 11) is -9.12. The van der Waals surface area contributed by atoms with Gasteiger partial charge in [0.2, 0.25) is 0 Å². The summed E-state index contributed by atoms with van der Waals surface area (Å²) >= 11 is 6.65. The quantitative estimate of drug-likeness (QED) is 0.0900. The number of nitrogen functional groups attached to an aromatic ring is 2. The molecule has 0 saturated heterocycles. The Morgan fingerprint density at radius 3 is 1.27 bits per heavy atom. The van der Waals surface area contributed by atoms with Crippen molar-refractivity contribution in [2.75, 3.05) is 22.1 Å². The summed E-state index contributed by atoms with van der Waals surface area (Å²) < 4.78 is 67.3. The standard InChI is InChI=1S/C28H22Br2N4O8S2/c1-11-3-5-13(7-19(11)43(37,38)39)33-17-9-15(29)25(31)23-21(17)27(35)24-22(28(23)36)18(10-16(30)26(24)32)34-14-6-4-12(2)20(8-14)44(40,41)42/h3-10,33-34H,31-32H2,1-2H3,(H,37,38,39)(H,40,41,42). The number of hydrogen-bond donors (Lipinski definition) is 6. The molecule has 0 bridgehead atoms. The number of hydrogen-bond acceptors (Lipinski definition) is 10. The van der Waals surface area contributed by atoms with Crippen LogP contribution in [0.3, 0.4) is 0 Å². The molecule has 0 fully saturated rings. The molecule has 8 N–H and O–H groups in total. The number of ketones is 2. The molecule has 228 valence electrons. The number of aryl methyl sites for hydroxylation is 2. The number of halogens is 2. The van der Waals surface area contributed by atoms with Crippen LogP contribution < -0.4 is 22.1 Å². The predicted molar refractivity (Wildman–Crippen MR) is 173 cm³/mol. The smallest absolute Gasteiger partial charge is 0.294 e. The van der Waals surface area contributed by atoms with Gasteiger partial charge in [-0.25, -0.2) is 0 Å². The van der Waals surface area contributed by atoms with E-state index in [1.165, 1.54) is 62.4 Å². The molecule has 44 heavy (non-hydrogen) atoms. The van der Waals surface area contributed by atoms with Crippen LogP contribution in [-0.4, -0.2) is 37.5 Å². The second-order valence-corrected chi connectivity index (χ2v) is 14.4. The van der Waals surface area contributed by atoms with E-state index in [0.717, 1.165) is 0 Å². The van der Waals surface area contributed by atoms with Crippen molar-refractivity contribution in [3.63, 3.8) is 0 Å². The average molecular weight is 766 g/mol. The number of fused-ring (bicyclic) bond motifs is 2. The molecule has 0 saturated carbocycles. The highest BCUT2D eigenvalue weighted by molar-refractivity contribution is 9.11. The molecule has 4 aromatic rings. The Labute approximate surface area is 268 Å². The number of carbonyl (C=O) groups excluding carboxylic acids is 2. The number of rotatable bonds is 6. The fourth-order valence-electron chi connectivity index (χ4n) is 4.94. The summed E-state index contributed by atoms with van der Waals surface area (Å²) in [5.74, 6) is -1.36. The zero-order chi connectivity index (χ0) is 32.5. The number of anilines is 6. The SMILES string of the molecule is Cc1ccc(Nc2cc(Br)c(N)c3c2C(=O)c2c(N)c(Br)cc(Nc4ccc(C)c(S(=O)(=O)O)c4)c2C3=O)cc1S(=O)(=O)O. The van der Waals surface area contributed by atoms with Crippen LogP contribution in [0.5, 0.6) is 0 Å². The minimum atomic E-state index is -4.56. The molecule has 0 aromatic heterocycles. The van der Waals surface area contributed by atoms with Crippen LogP contribution in [0.4, 0.5) is 34.1 Å². The van der Waals surface area contributed by atoms with E-state index in [-0.39, 0.29) is 86.2 Å². The van der Waals surface area contributed by atoms with E-state index in [1.807, 2.05) is 0 Å². The number of nitrogens with one attached hydrogen (secondary N) is 2. The lowest BCUT2D eigenvalue weighted by Gasteiger charge is -2.26. The third-order valence-electron chi connectivity index (χ3n) is 7.03. The Bertz CT molecular complexity index is 2030. The van der Waals surface area contributed by atoms with Crippen LogP contribution in [0.2, 0.25) is 0 Å². The van der Waals surface area contributed by atoms with Crippen LogP contribution in [-0.2, 0) is 20.2 Å². The van der Waals surface area contributed by atoms with E-state index in [2.05, 4.69) is 42.5 Å². The van der Waals surface area contributed by atoms with Crippen LogP contribution >= 0.6 is 31.9 Å². The number of benzene rings is 4. The van der Waals surface area contributed by atoms with Crippen LogP contribution in [0.25, 0.3) is 0 Å². The molecule has 0 unspecified atom stereocenters. The van der Waals surface area contributed by atoms with Gasteiger partial charge >= 0.3 is 0 Å². The van der Waals surface area contributed by atoms with Gasteiger partial charge in [-0.1, -0.05) is 12.1 Å². The first-order valence-corrected chi connectivity index (χ1v) is 16.9. The monoisotopic (exact) mass is 764 g/mol. The summed E-state index contributed by atoms with van der Waals surface area (Å²) in [6.45, 7) is 3.00. The second-order valence-electron chi connectivity index (χ2n) is 9.96. The Hall–Kier alpha value is -3.80. The lowest BCUT2D eigenvalue weighted by atomic mass is 9.80. The van der Waals surface area contributed by atoms with E-state index in [4.69, 9.17) is 11.5 Å². The normalized spacial score (nSPS) is 13.0. The topological polar surface area (TPSA) is 219 Å². The fraction of sp³-hybridized carbons (Fsp3) is 0.0714. The molecule has 12 nitrogen and oxygen atoms in total. The second kappa shape index (κ2) is 11.0. The summed E-state index contributed by atoms with van der Waals surface area (Å²) in [6.07, 6.45) is 0. The van der Waals surface area contributed by atoms with Crippen molar-refractivity contribution in [1.82, 2.24) is 0 Å². The molecule has 1 aliphatic carbocycles. The van der Waals surface area contributed by atoms with Crippen LogP contribution in [0.1, 0.15) is 43.0 Å². The van der Waals surface area contributed by atoms with Crippen molar-refractivity contribution in [2.24, 2.45) is 0 Å². The first-order valence-electron chi connectivity index (χ1n) is 12.4. The third kappa shape index (κ3) is 5.48. The molecular formula is C28H22Br2N4O8S2. The molecule has 4 aromatic carbocycles. The fourth-order valence-corrected chi connectivity index (χ4v) is 7.30. The van der Waals surface area contributed by atoms with E-state index in [0.29, 0.717) is 0 Å². The van der Waals surface area contributed by atoms with Gasteiger partial charge < -0.3 is 22.1 Å². The molecule has 0 spiro atoms. The Balaban J connectivity index is 1.69. The molecule has 0 heterocycles. The van der Waals surface area contributed by atoms with Gasteiger partial charge in [0, 0.05) is 20.3 Å². The molecular weight excluding hydrogens is 744 g/mol. The predicted octanol–water partition coefficient (Wildman–Crippen LogP) is 5.75. The van der Waals surface area contributed by atoms with Crippen LogP contribution in [0.15, 0.2) is 67.3 Å². The first kappa shape index (κ1) is 31.6. The van der Waals surface area contributed by atoms with Crippen molar-refractivity contribution < 1.29 is 35.5 Å². The highest BCUT2D eigenvalue weighted by Crippen LogP contribution is 2.46. The highest BCUT2D eigenvalue weighted by Gasteiger charge is 2.38. The maximum atomic E-state index is 14.2. The maximum Gasteiger partial charge on any atom is 0.294 e. The van der Waals surface area contributed by atoms with E-state index >= 15 is 0 Å². The zero-order valence-corrected chi connectivity index (χ0v) is 27.5. The van der Waals surface area contributed by atoms with Gasteiger partial charge in [0.05, 0.1) is 54.8 Å². The maximum absolute atomic E-state index is 14.2. The molecule has 16 heteroatoms. The molecule has 0 atom stereocenters. The van der Waals surface area contributed by atoms with Gasteiger partial charge in [0.25, 0.3) is 20.2 Å². The largest absolute Gasteiger partial charge is 0.397 e. The van der Waals surface area contributed by atoms with E-state index < -0.39 is 31.8 Å². The van der Waals surface area contributed by atoms with Crippen molar-refractivity contribution in [2.45, 2.75) is 23.6 Å². The van der Waals surface area contributed by atoms with Crippen molar-refractivity contribution in [3.05, 3.63) is 90.9 Å². The van der Waals surface area contributed by atoms with E-state index in [9.17, 15) is 35.5 Å². The van der Waals surface area contributed by atoms with Crippen molar-refractivity contribution >= 4 is 97.8 Å². The first-order chi connectivity index (χ1) is 20.4. The third-order valence-corrected chi connectivity index (χ3v) is 10.3. The van der Waals surface area contributed by atoms with Gasteiger partial charge in [-0.3, -0.25) is 18.7 Å². The van der Waals surface area contributed by atoms with Crippen molar-refractivity contribution in [1.29, 1.82) is 0 Å². The molecule has 0 aliphatic heterocycles. The minimum Gasteiger partial charge on any atom is -0.397 e. The Morgan fingerprint density at radius 2 is 0.955 bits per heavy atom.